The van der Waals surface area contributed by atoms with E-state index in [1.807, 2.05) is 0 Å². The summed E-state index contributed by atoms with van der Waals surface area (Å²) in [7, 11) is 1.65. The zero-order valence-corrected chi connectivity index (χ0v) is 11.1. The van der Waals surface area contributed by atoms with Crippen molar-refractivity contribution in [1.29, 1.82) is 0 Å². The third-order valence-electron chi connectivity index (χ3n) is 3.41. The van der Waals surface area contributed by atoms with Crippen LogP contribution in [0.15, 0.2) is 0 Å². The van der Waals surface area contributed by atoms with Gasteiger partial charge in [-0.1, -0.05) is 0 Å². The molecule has 0 saturated heterocycles. The molecule has 18 heavy (non-hydrogen) atoms. The molecule has 1 aliphatic rings. The van der Waals surface area contributed by atoms with Gasteiger partial charge in [-0.05, 0) is 19.8 Å². The van der Waals surface area contributed by atoms with Crippen molar-refractivity contribution >= 4 is 17.6 Å². The molecule has 0 bridgehead atoms. The highest BCUT2D eigenvalue weighted by atomic mass is 32.1. The smallest absolute Gasteiger partial charge is 0.275 e. The fourth-order valence-corrected chi connectivity index (χ4v) is 2.71. The van der Waals surface area contributed by atoms with Crippen molar-refractivity contribution in [1.82, 2.24) is 13.6 Å². The summed E-state index contributed by atoms with van der Waals surface area (Å²) in [6.07, 6.45) is 0.380. The van der Waals surface area contributed by atoms with Gasteiger partial charge in [-0.25, -0.2) is 8.78 Å². The highest BCUT2D eigenvalue weighted by Crippen LogP contribution is 2.35. The highest BCUT2D eigenvalue weighted by molar-refractivity contribution is 6.99. The molecule has 1 aromatic heterocycles. The van der Waals surface area contributed by atoms with Gasteiger partial charge in [0.15, 0.2) is 5.69 Å². The van der Waals surface area contributed by atoms with Crippen LogP contribution in [0.2, 0.25) is 0 Å². The normalized spacial score (nSPS) is 19.8. The summed E-state index contributed by atoms with van der Waals surface area (Å²) in [6.45, 7) is 1.72. The first kappa shape index (κ1) is 13.3. The predicted octanol–water partition coefficient (Wildman–Crippen LogP) is 2.50. The molecule has 0 spiro atoms. The van der Waals surface area contributed by atoms with Crippen LogP contribution in [-0.2, 0) is 0 Å². The lowest BCUT2D eigenvalue weighted by atomic mass is 9.91. The van der Waals surface area contributed by atoms with Gasteiger partial charge < -0.3 is 4.90 Å². The van der Waals surface area contributed by atoms with Crippen molar-refractivity contribution in [2.24, 2.45) is 0 Å². The van der Waals surface area contributed by atoms with Crippen LogP contribution in [0, 0.1) is 6.92 Å². The fraction of sp³-hybridized carbons (Fsp3) is 0.727. The monoisotopic (exact) mass is 275 g/mol. The van der Waals surface area contributed by atoms with Crippen molar-refractivity contribution in [3.05, 3.63) is 11.4 Å². The van der Waals surface area contributed by atoms with Gasteiger partial charge in [0.25, 0.3) is 5.91 Å². The molecular weight excluding hydrogens is 260 g/mol. The standard InChI is InChI=1S/C11H15F2N3OS/c1-7-9(15-18-14-7)10(17)16(2)8-3-5-11(12,13)6-4-8/h8H,3-6H2,1-2H3. The number of halogens is 2. The Morgan fingerprint density at radius 2 is 2.00 bits per heavy atom. The van der Waals surface area contributed by atoms with Gasteiger partial charge in [0.2, 0.25) is 5.92 Å². The minimum absolute atomic E-state index is 0.127. The predicted molar refractivity (Wildman–Crippen MR) is 63.9 cm³/mol. The molecule has 0 atom stereocenters. The van der Waals surface area contributed by atoms with Gasteiger partial charge in [-0.3, -0.25) is 4.79 Å². The van der Waals surface area contributed by atoms with Gasteiger partial charge in [0.05, 0.1) is 17.4 Å². The minimum atomic E-state index is -2.57. The summed E-state index contributed by atoms with van der Waals surface area (Å²) in [5.41, 5.74) is 0.929. The third kappa shape index (κ3) is 2.66. The number of hydrogen-bond donors (Lipinski definition) is 0. The topological polar surface area (TPSA) is 46.1 Å². The van der Waals surface area contributed by atoms with Crippen molar-refractivity contribution in [2.45, 2.75) is 44.6 Å². The molecule has 1 aliphatic carbocycles. The Hall–Kier alpha value is -1.11. The van der Waals surface area contributed by atoms with E-state index >= 15 is 0 Å². The Kier molecular flexibility index (Phi) is 3.61. The first-order valence-electron chi connectivity index (χ1n) is 5.85. The van der Waals surface area contributed by atoms with Gasteiger partial charge in [0.1, 0.15) is 0 Å². The van der Waals surface area contributed by atoms with E-state index in [1.165, 1.54) is 4.90 Å². The van der Waals surface area contributed by atoms with Gasteiger partial charge in [-0.2, -0.15) is 8.75 Å². The SMILES string of the molecule is Cc1nsnc1C(=O)N(C)C1CCC(F)(F)CC1. The quantitative estimate of drug-likeness (QED) is 0.833. The second kappa shape index (κ2) is 4.87. The van der Waals surface area contributed by atoms with Crippen molar-refractivity contribution in [2.75, 3.05) is 7.05 Å². The van der Waals surface area contributed by atoms with E-state index < -0.39 is 5.92 Å². The molecule has 1 fully saturated rings. The number of carbonyl (C=O) groups excluding carboxylic acids is 1. The lowest BCUT2D eigenvalue weighted by Crippen LogP contribution is -2.42. The van der Waals surface area contributed by atoms with Crippen LogP contribution >= 0.6 is 11.7 Å². The van der Waals surface area contributed by atoms with Crippen molar-refractivity contribution in [3.8, 4) is 0 Å². The molecule has 1 heterocycles. The number of amides is 1. The Morgan fingerprint density at radius 3 is 2.50 bits per heavy atom. The maximum atomic E-state index is 13.1. The highest BCUT2D eigenvalue weighted by Gasteiger charge is 2.37. The number of rotatable bonds is 2. The van der Waals surface area contributed by atoms with E-state index in [0.717, 1.165) is 11.7 Å². The van der Waals surface area contributed by atoms with Crippen LogP contribution in [0.3, 0.4) is 0 Å². The summed E-state index contributed by atoms with van der Waals surface area (Å²) < 4.78 is 34.0. The molecule has 1 saturated carbocycles. The van der Waals surface area contributed by atoms with E-state index in [0.29, 0.717) is 24.2 Å². The van der Waals surface area contributed by atoms with Crippen LogP contribution in [0.1, 0.15) is 41.9 Å². The summed E-state index contributed by atoms with van der Waals surface area (Å²) in [6, 6.07) is -0.127. The molecule has 0 aromatic carbocycles. The zero-order chi connectivity index (χ0) is 13.3. The van der Waals surface area contributed by atoms with E-state index in [9.17, 15) is 13.6 Å². The van der Waals surface area contributed by atoms with Gasteiger partial charge >= 0.3 is 0 Å². The number of hydrogen-bond acceptors (Lipinski definition) is 4. The van der Waals surface area contributed by atoms with Gasteiger partial charge in [0, 0.05) is 25.9 Å². The first-order chi connectivity index (χ1) is 8.41. The number of nitrogens with zero attached hydrogens (tertiary/aromatic N) is 3. The number of aromatic nitrogens is 2. The second-order valence-corrected chi connectivity index (χ2v) is 5.23. The van der Waals surface area contributed by atoms with E-state index in [4.69, 9.17) is 0 Å². The molecule has 0 radical (unpaired) electrons. The molecule has 0 aliphatic heterocycles. The molecule has 0 unspecified atom stereocenters. The Balaban J connectivity index is 2.02. The van der Waals surface area contributed by atoms with Crippen molar-refractivity contribution in [3.63, 3.8) is 0 Å². The lowest BCUT2D eigenvalue weighted by Gasteiger charge is -2.34. The third-order valence-corrected chi connectivity index (χ3v) is 4.03. The Labute approximate surface area is 108 Å². The molecule has 1 amide bonds. The van der Waals surface area contributed by atoms with Crippen LogP contribution in [-0.4, -0.2) is 38.6 Å². The van der Waals surface area contributed by atoms with Crippen LogP contribution in [0.25, 0.3) is 0 Å². The lowest BCUT2D eigenvalue weighted by molar-refractivity contribution is -0.0490. The van der Waals surface area contributed by atoms with E-state index in [-0.39, 0.29) is 24.8 Å². The molecule has 1 aromatic rings. The second-order valence-electron chi connectivity index (χ2n) is 4.70. The van der Waals surface area contributed by atoms with E-state index in [1.54, 1.807) is 14.0 Å². The first-order valence-corrected chi connectivity index (χ1v) is 6.58. The average molecular weight is 275 g/mol. The molecule has 2 rings (SSSR count). The summed E-state index contributed by atoms with van der Waals surface area (Å²) in [4.78, 5) is 13.7. The molecular formula is C11H15F2N3OS. The Bertz CT molecular complexity index is 439. The van der Waals surface area contributed by atoms with E-state index in [2.05, 4.69) is 8.75 Å². The Morgan fingerprint density at radius 1 is 1.39 bits per heavy atom. The number of carbonyl (C=O) groups is 1. The summed E-state index contributed by atoms with van der Waals surface area (Å²) in [5, 5.41) is 0. The van der Waals surface area contributed by atoms with Crippen LogP contribution in [0.4, 0.5) is 8.78 Å². The molecule has 4 nitrogen and oxygen atoms in total. The summed E-state index contributed by atoms with van der Waals surface area (Å²) >= 11 is 0.991. The molecule has 0 N–H and O–H groups in total. The fourth-order valence-electron chi connectivity index (χ4n) is 2.17. The molecule has 7 heteroatoms. The molecule has 100 valence electrons. The largest absolute Gasteiger partial charge is 0.337 e. The number of aryl methyl sites for hydroxylation is 1. The van der Waals surface area contributed by atoms with Crippen LogP contribution < -0.4 is 0 Å². The summed E-state index contributed by atoms with van der Waals surface area (Å²) in [5.74, 6) is -2.80. The van der Waals surface area contributed by atoms with Crippen molar-refractivity contribution < 1.29 is 13.6 Å². The zero-order valence-electron chi connectivity index (χ0n) is 10.3. The minimum Gasteiger partial charge on any atom is -0.337 e. The number of alkyl halides is 2. The van der Waals surface area contributed by atoms with Gasteiger partial charge in [-0.15, -0.1) is 0 Å². The average Bonchev–Trinajstić information content (AvgIpc) is 2.73. The van der Waals surface area contributed by atoms with Crippen LogP contribution in [0.5, 0.6) is 0 Å². The maximum Gasteiger partial charge on any atom is 0.275 e. The maximum absolute atomic E-state index is 13.1.